The van der Waals surface area contributed by atoms with Gasteiger partial charge in [-0.15, -0.1) is 0 Å². The summed E-state index contributed by atoms with van der Waals surface area (Å²) in [7, 11) is 0. The second-order valence-corrected chi connectivity index (χ2v) is 3.02. The van der Waals surface area contributed by atoms with E-state index in [9.17, 15) is 4.79 Å². The van der Waals surface area contributed by atoms with E-state index in [2.05, 4.69) is 5.32 Å². The molecule has 1 aromatic carbocycles. The number of β-lactam (4-membered cyclic amide) rings is 1. The fourth-order valence-corrected chi connectivity index (χ4v) is 1.32. The van der Waals surface area contributed by atoms with Crippen molar-refractivity contribution in [3.8, 4) is 0 Å². The van der Waals surface area contributed by atoms with Crippen LogP contribution in [0.5, 0.6) is 0 Å². The maximum absolute atomic E-state index is 11.1. The number of nitrogens with two attached hydrogens (primary N) is 1. The van der Waals surface area contributed by atoms with Crippen LogP contribution in [-0.2, 0) is 10.3 Å². The van der Waals surface area contributed by atoms with Crippen LogP contribution >= 0.6 is 0 Å². The van der Waals surface area contributed by atoms with Gasteiger partial charge in [0.05, 0.1) is 0 Å². The molecule has 3 nitrogen and oxygen atoms in total. The van der Waals surface area contributed by atoms with Gasteiger partial charge in [0.25, 0.3) is 0 Å². The Morgan fingerprint density at radius 2 is 2.00 bits per heavy atom. The Hall–Kier alpha value is -1.35. The lowest BCUT2D eigenvalue weighted by molar-refractivity contribution is -0.133. The number of carbonyl (C=O) groups is 1. The zero-order chi connectivity index (χ0) is 8.60. The molecule has 1 aliphatic heterocycles. The summed E-state index contributed by atoms with van der Waals surface area (Å²) in [6, 6.07) is 9.42. The van der Waals surface area contributed by atoms with Crippen LogP contribution in [-0.4, -0.2) is 12.5 Å². The first-order valence-corrected chi connectivity index (χ1v) is 3.86. The molecule has 0 radical (unpaired) electrons. The summed E-state index contributed by atoms with van der Waals surface area (Å²) in [6.45, 7) is 0.538. The second-order valence-electron chi connectivity index (χ2n) is 3.02. The van der Waals surface area contributed by atoms with Gasteiger partial charge < -0.3 is 11.1 Å². The molecule has 12 heavy (non-hydrogen) atoms. The monoisotopic (exact) mass is 162 g/mol. The number of hydrogen-bond acceptors (Lipinski definition) is 2. The lowest BCUT2D eigenvalue weighted by Crippen LogP contribution is -2.67. The van der Waals surface area contributed by atoms with Gasteiger partial charge in [0, 0.05) is 6.54 Å². The quantitative estimate of drug-likeness (QED) is 0.570. The predicted octanol–water partition coefficient (Wildman–Crippen LogP) is -0.0296. The molecule has 3 N–H and O–H groups in total. The number of benzene rings is 1. The minimum Gasteiger partial charge on any atom is -0.351 e. The van der Waals surface area contributed by atoms with E-state index >= 15 is 0 Å². The van der Waals surface area contributed by atoms with Gasteiger partial charge in [0.1, 0.15) is 5.54 Å². The Morgan fingerprint density at radius 3 is 2.42 bits per heavy atom. The lowest BCUT2D eigenvalue weighted by Gasteiger charge is -2.37. The number of nitrogens with one attached hydrogen (secondary N) is 1. The van der Waals surface area contributed by atoms with Crippen molar-refractivity contribution < 1.29 is 4.79 Å². The Labute approximate surface area is 70.6 Å². The molecule has 1 unspecified atom stereocenters. The third-order valence-corrected chi connectivity index (χ3v) is 2.22. The maximum atomic E-state index is 11.1. The molecule has 0 bridgehead atoms. The van der Waals surface area contributed by atoms with Crippen molar-refractivity contribution >= 4 is 5.91 Å². The SMILES string of the molecule is NC1(c2ccccc2)CNC1=O. The molecule has 1 heterocycles. The smallest absolute Gasteiger partial charge is 0.246 e. The van der Waals surface area contributed by atoms with Gasteiger partial charge in [-0.1, -0.05) is 30.3 Å². The van der Waals surface area contributed by atoms with Gasteiger partial charge in [-0.25, -0.2) is 0 Å². The first kappa shape index (κ1) is 7.31. The fourth-order valence-electron chi connectivity index (χ4n) is 1.32. The van der Waals surface area contributed by atoms with Crippen LogP contribution in [0.1, 0.15) is 5.56 Å². The highest BCUT2D eigenvalue weighted by Gasteiger charge is 2.43. The van der Waals surface area contributed by atoms with Gasteiger partial charge in [-0.05, 0) is 5.56 Å². The molecule has 2 rings (SSSR count). The Balaban J connectivity index is 2.37. The fraction of sp³-hybridized carbons (Fsp3) is 0.222. The number of rotatable bonds is 1. The minimum absolute atomic E-state index is 0.0892. The molecule has 1 fully saturated rings. The maximum Gasteiger partial charge on any atom is 0.246 e. The van der Waals surface area contributed by atoms with Crippen molar-refractivity contribution in [2.24, 2.45) is 5.73 Å². The summed E-state index contributed by atoms with van der Waals surface area (Å²) >= 11 is 0. The van der Waals surface area contributed by atoms with E-state index in [4.69, 9.17) is 5.73 Å². The third kappa shape index (κ3) is 0.833. The standard InChI is InChI=1S/C9H10N2O/c10-9(6-11-8(9)12)7-4-2-1-3-5-7/h1-5H,6,10H2,(H,11,12). The number of amides is 1. The summed E-state index contributed by atoms with van der Waals surface area (Å²) in [5.41, 5.74) is 5.96. The molecule has 1 saturated heterocycles. The highest BCUT2D eigenvalue weighted by Crippen LogP contribution is 2.22. The molecule has 0 saturated carbocycles. The van der Waals surface area contributed by atoms with Crippen LogP contribution < -0.4 is 11.1 Å². The third-order valence-electron chi connectivity index (χ3n) is 2.22. The van der Waals surface area contributed by atoms with E-state index in [1.807, 2.05) is 30.3 Å². The van der Waals surface area contributed by atoms with Gasteiger partial charge in [0.2, 0.25) is 5.91 Å². The first-order valence-electron chi connectivity index (χ1n) is 3.86. The summed E-state index contributed by atoms with van der Waals surface area (Å²) in [4.78, 5) is 11.1. The summed E-state index contributed by atoms with van der Waals surface area (Å²) in [5, 5.41) is 2.63. The molecule has 1 amide bonds. The lowest BCUT2D eigenvalue weighted by atomic mass is 9.84. The van der Waals surface area contributed by atoms with Crippen molar-refractivity contribution in [2.45, 2.75) is 5.54 Å². The minimum atomic E-state index is -0.777. The van der Waals surface area contributed by atoms with Crippen LogP contribution in [0.15, 0.2) is 30.3 Å². The van der Waals surface area contributed by atoms with Gasteiger partial charge in [-0.2, -0.15) is 0 Å². The van der Waals surface area contributed by atoms with E-state index < -0.39 is 5.54 Å². The molecule has 0 aliphatic carbocycles. The highest BCUT2D eigenvalue weighted by molar-refractivity contribution is 5.93. The topological polar surface area (TPSA) is 55.1 Å². The highest BCUT2D eigenvalue weighted by atomic mass is 16.2. The Morgan fingerprint density at radius 1 is 1.33 bits per heavy atom. The number of hydrogen-bond donors (Lipinski definition) is 2. The summed E-state index contributed by atoms with van der Waals surface area (Å²) in [5.74, 6) is -0.0892. The predicted molar refractivity (Wildman–Crippen MR) is 45.3 cm³/mol. The van der Waals surface area contributed by atoms with Crippen LogP contribution in [0.2, 0.25) is 0 Å². The zero-order valence-corrected chi connectivity index (χ0v) is 6.58. The van der Waals surface area contributed by atoms with Crippen LogP contribution in [0.3, 0.4) is 0 Å². The molecule has 0 spiro atoms. The first-order chi connectivity index (χ1) is 5.73. The molecular formula is C9H10N2O. The van der Waals surface area contributed by atoms with E-state index in [1.54, 1.807) is 0 Å². The molecule has 1 aromatic rings. The Bertz CT molecular complexity index is 310. The van der Waals surface area contributed by atoms with E-state index in [1.165, 1.54) is 0 Å². The van der Waals surface area contributed by atoms with Crippen molar-refractivity contribution in [3.63, 3.8) is 0 Å². The van der Waals surface area contributed by atoms with E-state index in [-0.39, 0.29) is 5.91 Å². The summed E-state index contributed by atoms with van der Waals surface area (Å²) in [6.07, 6.45) is 0. The van der Waals surface area contributed by atoms with Crippen molar-refractivity contribution in [2.75, 3.05) is 6.54 Å². The largest absolute Gasteiger partial charge is 0.351 e. The van der Waals surface area contributed by atoms with Gasteiger partial charge in [-0.3, -0.25) is 4.79 Å². The average Bonchev–Trinajstić information content (AvgIpc) is 2.16. The van der Waals surface area contributed by atoms with Crippen molar-refractivity contribution in [1.82, 2.24) is 5.32 Å². The van der Waals surface area contributed by atoms with E-state index in [0.717, 1.165) is 5.56 Å². The molecule has 1 aliphatic rings. The van der Waals surface area contributed by atoms with Gasteiger partial charge in [0.15, 0.2) is 0 Å². The van der Waals surface area contributed by atoms with Crippen LogP contribution in [0, 0.1) is 0 Å². The Kier molecular flexibility index (Phi) is 1.41. The molecule has 1 atom stereocenters. The summed E-state index contributed by atoms with van der Waals surface area (Å²) < 4.78 is 0. The van der Waals surface area contributed by atoms with Crippen LogP contribution in [0.4, 0.5) is 0 Å². The molecule has 62 valence electrons. The second kappa shape index (κ2) is 2.32. The normalized spacial score (nSPS) is 27.6. The number of carbonyl (C=O) groups excluding carboxylic acids is 1. The zero-order valence-electron chi connectivity index (χ0n) is 6.58. The van der Waals surface area contributed by atoms with Gasteiger partial charge >= 0.3 is 0 Å². The molecule has 0 aromatic heterocycles. The van der Waals surface area contributed by atoms with Crippen molar-refractivity contribution in [1.29, 1.82) is 0 Å². The average molecular weight is 162 g/mol. The van der Waals surface area contributed by atoms with E-state index in [0.29, 0.717) is 6.54 Å². The van der Waals surface area contributed by atoms with Crippen LogP contribution in [0.25, 0.3) is 0 Å². The molecular weight excluding hydrogens is 152 g/mol. The molecule has 3 heteroatoms. The van der Waals surface area contributed by atoms with Crippen molar-refractivity contribution in [3.05, 3.63) is 35.9 Å².